The first-order valence-electron chi connectivity index (χ1n) is 6.04. The third kappa shape index (κ3) is 2.96. The number of aliphatic hydroxyl groups is 1. The highest BCUT2D eigenvalue weighted by Crippen LogP contribution is 2.33. The molecule has 0 bridgehead atoms. The van der Waals surface area contributed by atoms with E-state index in [2.05, 4.69) is 20.8 Å². The molecule has 1 N–H and O–H groups in total. The number of ether oxygens (including phenoxy) is 1. The lowest BCUT2D eigenvalue weighted by Gasteiger charge is -2.18. The molecule has 0 radical (unpaired) electrons. The van der Waals surface area contributed by atoms with Crippen LogP contribution in [-0.2, 0) is 4.74 Å². The molecule has 1 aliphatic rings. The molecule has 0 saturated carbocycles. The zero-order valence-electron chi connectivity index (χ0n) is 9.70. The van der Waals surface area contributed by atoms with Gasteiger partial charge in [0.05, 0.1) is 6.10 Å². The normalized spacial score (nSPS) is 32.8. The van der Waals surface area contributed by atoms with Crippen molar-refractivity contribution in [1.29, 1.82) is 0 Å². The Labute approximate surface area is 87.7 Å². The minimum atomic E-state index is -0.499. The lowest BCUT2D eigenvalue weighted by Crippen LogP contribution is -2.18. The van der Waals surface area contributed by atoms with Gasteiger partial charge in [-0.25, -0.2) is 0 Å². The molecule has 0 aliphatic carbocycles. The van der Waals surface area contributed by atoms with Crippen LogP contribution in [0.3, 0.4) is 0 Å². The SMILES string of the molecule is CCC(CC)C[C@@H]1C[C@H](CC)OC1O. The summed E-state index contributed by atoms with van der Waals surface area (Å²) in [5.74, 6) is 1.14. The third-order valence-corrected chi connectivity index (χ3v) is 3.55. The first-order chi connectivity index (χ1) is 6.71. The predicted octanol–water partition coefficient (Wildman–Crippen LogP) is 2.95. The fraction of sp³-hybridized carbons (Fsp3) is 1.00. The number of hydrogen-bond acceptors (Lipinski definition) is 2. The van der Waals surface area contributed by atoms with E-state index in [-0.39, 0.29) is 0 Å². The number of aliphatic hydroxyl groups excluding tert-OH is 1. The highest BCUT2D eigenvalue weighted by atomic mass is 16.6. The van der Waals surface area contributed by atoms with Crippen molar-refractivity contribution in [2.75, 3.05) is 0 Å². The molecule has 1 heterocycles. The van der Waals surface area contributed by atoms with Gasteiger partial charge in [0.25, 0.3) is 0 Å². The van der Waals surface area contributed by atoms with Gasteiger partial charge in [-0.3, -0.25) is 0 Å². The summed E-state index contributed by atoms with van der Waals surface area (Å²) in [6, 6.07) is 0. The maximum atomic E-state index is 9.71. The lowest BCUT2D eigenvalue weighted by molar-refractivity contribution is -0.111. The van der Waals surface area contributed by atoms with Gasteiger partial charge in [-0.15, -0.1) is 0 Å². The van der Waals surface area contributed by atoms with Crippen LogP contribution in [0.5, 0.6) is 0 Å². The summed E-state index contributed by atoms with van der Waals surface area (Å²) in [7, 11) is 0. The molecular weight excluding hydrogens is 176 g/mol. The topological polar surface area (TPSA) is 29.5 Å². The summed E-state index contributed by atoms with van der Waals surface area (Å²) < 4.78 is 5.47. The van der Waals surface area contributed by atoms with E-state index >= 15 is 0 Å². The summed E-state index contributed by atoms with van der Waals surface area (Å²) in [6.07, 6.45) is 5.44. The minimum Gasteiger partial charge on any atom is -0.368 e. The van der Waals surface area contributed by atoms with Crippen molar-refractivity contribution in [3.63, 3.8) is 0 Å². The van der Waals surface area contributed by atoms with Crippen molar-refractivity contribution in [2.24, 2.45) is 11.8 Å². The lowest BCUT2D eigenvalue weighted by atomic mass is 9.88. The quantitative estimate of drug-likeness (QED) is 0.739. The van der Waals surface area contributed by atoms with E-state index in [0.717, 1.165) is 25.2 Å². The van der Waals surface area contributed by atoms with E-state index < -0.39 is 6.29 Å². The van der Waals surface area contributed by atoms with Crippen molar-refractivity contribution >= 4 is 0 Å². The monoisotopic (exact) mass is 200 g/mol. The van der Waals surface area contributed by atoms with Crippen LogP contribution >= 0.6 is 0 Å². The number of rotatable bonds is 5. The van der Waals surface area contributed by atoms with Crippen LogP contribution in [0.15, 0.2) is 0 Å². The van der Waals surface area contributed by atoms with E-state index in [4.69, 9.17) is 4.74 Å². The molecule has 0 aromatic carbocycles. The van der Waals surface area contributed by atoms with Gasteiger partial charge < -0.3 is 9.84 Å². The van der Waals surface area contributed by atoms with Gasteiger partial charge in [0.1, 0.15) is 0 Å². The molecule has 3 atom stereocenters. The third-order valence-electron chi connectivity index (χ3n) is 3.55. The van der Waals surface area contributed by atoms with Crippen LogP contribution in [0.4, 0.5) is 0 Å². The van der Waals surface area contributed by atoms with Crippen molar-refractivity contribution in [3.8, 4) is 0 Å². The molecule has 2 heteroatoms. The second-order valence-corrected chi connectivity index (χ2v) is 4.47. The molecular formula is C12H24O2. The molecule has 1 rings (SSSR count). The van der Waals surface area contributed by atoms with Gasteiger partial charge in [0.15, 0.2) is 6.29 Å². The fourth-order valence-electron chi connectivity index (χ4n) is 2.34. The maximum absolute atomic E-state index is 9.71. The van der Waals surface area contributed by atoms with Crippen LogP contribution in [0, 0.1) is 11.8 Å². The first kappa shape index (κ1) is 12.0. The van der Waals surface area contributed by atoms with Crippen LogP contribution in [-0.4, -0.2) is 17.5 Å². The largest absolute Gasteiger partial charge is 0.368 e. The molecule has 1 saturated heterocycles. The van der Waals surface area contributed by atoms with Gasteiger partial charge in [-0.1, -0.05) is 33.6 Å². The zero-order chi connectivity index (χ0) is 10.6. The predicted molar refractivity (Wildman–Crippen MR) is 58.0 cm³/mol. The molecule has 1 fully saturated rings. The van der Waals surface area contributed by atoms with Crippen molar-refractivity contribution in [1.82, 2.24) is 0 Å². The molecule has 1 unspecified atom stereocenters. The Morgan fingerprint density at radius 2 is 1.93 bits per heavy atom. The van der Waals surface area contributed by atoms with E-state index in [1.165, 1.54) is 12.8 Å². The Hall–Kier alpha value is -0.0800. The van der Waals surface area contributed by atoms with Crippen LogP contribution in [0.1, 0.15) is 52.9 Å². The summed E-state index contributed by atoms with van der Waals surface area (Å²) in [4.78, 5) is 0. The highest BCUT2D eigenvalue weighted by Gasteiger charge is 2.33. The summed E-state index contributed by atoms with van der Waals surface area (Å²) >= 11 is 0. The average molecular weight is 200 g/mol. The average Bonchev–Trinajstić information content (AvgIpc) is 2.56. The van der Waals surface area contributed by atoms with Crippen molar-refractivity contribution in [2.45, 2.75) is 65.3 Å². The standard InChI is InChI=1S/C12H24O2/c1-4-9(5-2)7-10-8-11(6-3)14-12(10)13/h9-13H,4-8H2,1-3H3/t10-,11+,12?/m1/s1. The molecule has 0 spiro atoms. The smallest absolute Gasteiger partial charge is 0.157 e. The van der Waals surface area contributed by atoms with Crippen LogP contribution in [0.2, 0.25) is 0 Å². The van der Waals surface area contributed by atoms with Gasteiger partial charge in [-0.05, 0) is 25.2 Å². The fourth-order valence-corrected chi connectivity index (χ4v) is 2.34. The highest BCUT2D eigenvalue weighted by molar-refractivity contribution is 4.77. The van der Waals surface area contributed by atoms with E-state index in [9.17, 15) is 5.11 Å². The molecule has 0 aromatic heterocycles. The summed E-state index contributed by atoms with van der Waals surface area (Å²) in [5, 5.41) is 9.71. The number of hydrogen-bond donors (Lipinski definition) is 1. The molecule has 0 aromatic rings. The molecule has 0 amide bonds. The summed E-state index contributed by atoms with van der Waals surface area (Å²) in [5.41, 5.74) is 0. The maximum Gasteiger partial charge on any atom is 0.157 e. The van der Waals surface area contributed by atoms with Crippen molar-refractivity contribution in [3.05, 3.63) is 0 Å². The molecule has 84 valence electrons. The van der Waals surface area contributed by atoms with Crippen LogP contribution < -0.4 is 0 Å². The first-order valence-corrected chi connectivity index (χ1v) is 6.04. The second-order valence-electron chi connectivity index (χ2n) is 4.47. The Kier molecular flexibility index (Phi) is 4.90. The van der Waals surface area contributed by atoms with E-state index in [0.29, 0.717) is 12.0 Å². The molecule has 14 heavy (non-hydrogen) atoms. The van der Waals surface area contributed by atoms with E-state index in [1.54, 1.807) is 0 Å². The molecule has 2 nitrogen and oxygen atoms in total. The van der Waals surface area contributed by atoms with Crippen molar-refractivity contribution < 1.29 is 9.84 Å². The minimum absolute atomic E-state index is 0.296. The zero-order valence-corrected chi connectivity index (χ0v) is 9.70. The van der Waals surface area contributed by atoms with Gasteiger partial charge in [0, 0.05) is 5.92 Å². The van der Waals surface area contributed by atoms with E-state index in [1.807, 2.05) is 0 Å². The Balaban J connectivity index is 2.37. The van der Waals surface area contributed by atoms with Gasteiger partial charge in [-0.2, -0.15) is 0 Å². The Bertz CT molecular complexity index is 154. The second kappa shape index (κ2) is 5.72. The van der Waals surface area contributed by atoms with Gasteiger partial charge in [0.2, 0.25) is 0 Å². The Morgan fingerprint density at radius 3 is 2.36 bits per heavy atom. The Morgan fingerprint density at radius 1 is 1.29 bits per heavy atom. The van der Waals surface area contributed by atoms with Gasteiger partial charge >= 0.3 is 0 Å². The summed E-state index contributed by atoms with van der Waals surface area (Å²) in [6.45, 7) is 6.58. The molecule has 1 aliphatic heterocycles. The van der Waals surface area contributed by atoms with Crippen LogP contribution in [0.25, 0.3) is 0 Å².